The molecule has 4 heteroatoms. The van der Waals surface area contributed by atoms with Gasteiger partial charge in [-0.25, -0.2) is 0 Å². The van der Waals surface area contributed by atoms with Crippen molar-refractivity contribution < 1.29 is 4.55 Å². The molecular weight excluding hydrogens is 184 g/mol. The summed E-state index contributed by atoms with van der Waals surface area (Å²) in [5, 5.41) is 3.62. The van der Waals surface area contributed by atoms with Crippen LogP contribution in [0.1, 0.15) is 13.8 Å². The number of nitrogens with zero attached hydrogens (tertiary/aromatic N) is 1. The molecule has 1 rings (SSSR count). The van der Waals surface area contributed by atoms with Crippen molar-refractivity contribution in [2.45, 2.75) is 19.1 Å². The quantitative estimate of drug-likeness (QED) is 0.658. The van der Waals surface area contributed by atoms with E-state index in [0.717, 1.165) is 38.5 Å². The predicted octanol–water partition coefficient (Wildman–Crippen LogP) is 0.0487. The standard InChI is InChI=1S/C9H20N2OS/c1-9(2)13(12)8-7-11-5-3-10-4-6-11/h9-10H,3-8H2,1-2H3. The average Bonchev–Trinajstić information content (AvgIpc) is 2.15. The molecular formula is C9H20N2OS. The summed E-state index contributed by atoms with van der Waals surface area (Å²) in [6.07, 6.45) is 0. The third-order valence-electron chi connectivity index (χ3n) is 2.34. The van der Waals surface area contributed by atoms with Crippen molar-refractivity contribution in [1.29, 1.82) is 0 Å². The molecule has 1 aliphatic heterocycles. The lowest BCUT2D eigenvalue weighted by molar-refractivity contribution is 0.253. The molecule has 78 valence electrons. The summed E-state index contributed by atoms with van der Waals surface area (Å²) < 4.78 is 11.5. The van der Waals surface area contributed by atoms with E-state index in [4.69, 9.17) is 0 Å². The van der Waals surface area contributed by atoms with Crippen molar-refractivity contribution in [2.75, 3.05) is 38.5 Å². The average molecular weight is 204 g/mol. The molecule has 1 atom stereocenters. The molecule has 13 heavy (non-hydrogen) atoms. The number of hydrogen-bond donors (Lipinski definition) is 1. The molecule has 0 aromatic heterocycles. The highest BCUT2D eigenvalue weighted by molar-refractivity contribution is 7.91. The van der Waals surface area contributed by atoms with E-state index < -0.39 is 11.2 Å². The van der Waals surface area contributed by atoms with Crippen molar-refractivity contribution in [2.24, 2.45) is 0 Å². The molecule has 0 aromatic carbocycles. The molecule has 3 nitrogen and oxygen atoms in total. The maximum atomic E-state index is 11.5. The Morgan fingerprint density at radius 3 is 2.54 bits per heavy atom. The van der Waals surface area contributed by atoms with Gasteiger partial charge >= 0.3 is 0 Å². The third-order valence-corrected chi connectivity index (χ3v) is 3.98. The van der Waals surface area contributed by atoms with Gasteiger partial charge in [0.25, 0.3) is 0 Å². The summed E-state index contributed by atoms with van der Waals surface area (Å²) in [6, 6.07) is 0. The Balaban J connectivity index is 2.10. The van der Waals surface area contributed by atoms with Crippen molar-refractivity contribution >= 4 is 11.2 Å². The Kier molecular flexibility index (Phi) is 5.09. The molecule has 1 heterocycles. The summed E-state index contributed by atoms with van der Waals surface area (Å²) in [4.78, 5) is 2.39. The minimum atomic E-state index is -0.635. The van der Waals surface area contributed by atoms with Crippen LogP contribution >= 0.6 is 0 Å². The fraction of sp³-hybridized carbons (Fsp3) is 1.00. The molecule has 1 saturated heterocycles. The van der Waals surface area contributed by atoms with Crippen LogP contribution in [0.5, 0.6) is 0 Å². The highest BCUT2D eigenvalue weighted by Gasteiger charge is 2.15. The Hall–Kier alpha value is 0.230. The van der Waals surface area contributed by atoms with Crippen LogP contribution in [0.2, 0.25) is 0 Å². The van der Waals surface area contributed by atoms with Gasteiger partial charge in [0.15, 0.2) is 0 Å². The maximum absolute atomic E-state index is 11.5. The van der Waals surface area contributed by atoms with Gasteiger partial charge in [0, 0.05) is 32.7 Å². The van der Waals surface area contributed by atoms with E-state index in [1.807, 2.05) is 13.8 Å². The molecule has 0 amide bonds. The van der Waals surface area contributed by atoms with Crippen molar-refractivity contribution in [3.8, 4) is 0 Å². The second-order valence-electron chi connectivity index (χ2n) is 3.73. The normalized spacial score (nSPS) is 22.2. The summed E-state index contributed by atoms with van der Waals surface area (Å²) in [5.41, 5.74) is 0. The summed E-state index contributed by atoms with van der Waals surface area (Å²) in [5.74, 6) is 0.831. The molecule has 0 radical (unpaired) electrons. The van der Waals surface area contributed by atoms with Crippen LogP contribution in [0.4, 0.5) is 0 Å². The minimum absolute atomic E-state index is 0.308. The topological polar surface area (TPSA) is 38.3 Å². The first kappa shape index (κ1) is 11.3. The Labute approximate surface area is 84.1 Å². The molecule has 0 bridgehead atoms. The fourth-order valence-electron chi connectivity index (χ4n) is 1.39. The van der Waals surface area contributed by atoms with Gasteiger partial charge in [-0.1, -0.05) is 11.2 Å². The van der Waals surface area contributed by atoms with Crippen LogP contribution in [-0.2, 0) is 11.2 Å². The number of hydrogen-bond acceptors (Lipinski definition) is 3. The first-order chi connectivity index (χ1) is 6.20. The van der Waals surface area contributed by atoms with E-state index >= 15 is 0 Å². The lowest BCUT2D eigenvalue weighted by Crippen LogP contribution is -2.45. The molecule has 1 unspecified atom stereocenters. The van der Waals surface area contributed by atoms with E-state index in [9.17, 15) is 4.55 Å². The Morgan fingerprint density at radius 2 is 2.00 bits per heavy atom. The largest absolute Gasteiger partial charge is 0.616 e. The van der Waals surface area contributed by atoms with Crippen LogP contribution in [0, 0.1) is 0 Å². The van der Waals surface area contributed by atoms with Gasteiger partial charge in [-0.2, -0.15) is 0 Å². The van der Waals surface area contributed by atoms with E-state index in [1.54, 1.807) is 0 Å². The van der Waals surface area contributed by atoms with Gasteiger partial charge in [0.1, 0.15) is 11.0 Å². The number of nitrogens with one attached hydrogen (secondary N) is 1. The highest BCUT2D eigenvalue weighted by atomic mass is 32.2. The first-order valence-electron chi connectivity index (χ1n) is 5.00. The molecule has 1 fully saturated rings. The Morgan fingerprint density at radius 1 is 1.38 bits per heavy atom. The van der Waals surface area contributed by atoms with Gasteiger partial charge in [0.2, 0.25) is 0 Å². The lowest BCUT2D eigenvalue weighted by Gasteiger charge is -2.27. The molecule has 1 aliphatic rings. The summed E-state index contributed by atoms with van der Waals surface area (Å²) in [7, 11) is 0. The molecule has 0 saturated carbocycles. The SMILES string of the molecule is CC(C)[S+]([O-])CCN1CCNCC1. The zero-order valence-corrected chi connectivity index (χ0v) is 9.40. The second-order valence-corrected chi connectivity index (χ2v) is 5.84. The van der Waals surface area contributed by atoms with E-state index in [-0.39, 0.29) is 0 Å². The number of rotatable bonds is 4. The smallest absolute Gasteiger partial charge is 0.118 e. The van der Waals surface area contributed by atoms with Crippen LogP contribution in [0.25, 0.3) is 0 Å². The minimum Gasteiger partial charge on any atom is -0.616 e. The second kappa shape index (κ2) is 5.86. The van der Waals surface area contributed by atoms with Crippen LogP contribution in [-0.4, -0.2) is 53.2 Å². The summed E-state index contributed by atoms with van der Waals surface area (Å²) in [6.45, 7) is 9.40. The van der Waals surface area contributed by atoms with E-state index in [2.05, 4.69) is 10.2 Å². The highest BCUT2D eigenvalue weighted by Crippen LogP contribution is 2.02. The van der Waals surface area contributed by atoms with Crippen LogP contribution in [0.15, 0.2) is 0 Å². The zero-order valence-electron chi connectivity index (χ0n) is 8.58. The van der Waals surface area contributed by atoms with Crippen LogP contribution < -0.4 is 5.32 Å². The first-order valence-corrected chi connectivity index (χ1v) is 6.38. The predicted molar refractivity (Wildman–Crippen MR) is 57.5 cm³/mol. The molecule has 0 spiro atoms. The van der Waals surface area contributed by atoms with Gasteiger partial charge < -0.3 is 9.87 Å². The monoisotopic (exact) mass is 204 g/mol. The molecule has 1 N–H and O–H groups in total. The van der Waals surface area contributed by atoms with Crippen molar-refractivity contribution in [3.05, 3.63) is 0 Å². The Bertz CT molecular complexity index is 138. The van der Waals surface area contributed by atoms with E-state index in [0.29, 0.717) is 5.25 Å². The fourth-order valence-corrected chi connectivity index (χ4v) is 2.30. The van der Waals surface area contributed by atoms with Gasteiger partial charge in [-0.3, -0.25) is 4.90 Å². The number of piperazine rings is 1. The van der Waals surface area contributed by atoms with Gasteiger partial charge in [0.05, 0.1) is 0 Å². The lowest BCUT2D eigenvalue weighted by atomic mass is 10.4. The van der Waals surface area contributed by atoms with Crippen molar-refractivity contribution in [1.82, 2.24) is 10.2 Å². The summed E-state index contributed by atoms with van der Waals surface area (Å²) >= 11 is -0.635. The van der Waals surface area contributed by atoms with Crippen molar-refractivity contribution in [3.63, 3.8) is 0 Å². The maximum Gasteiger partial charge on any atom is 0.118 e. The third kappa shape index (κ3) is 4.31. The molecule has 0 aliphatic carbocycles. The van der Waals surface area contributed by atoms with Crippen LogP contribution in [0.3, 0.4) is 0 Å². The van der Waals surface area contributed by atoms with Gasteiger partial charge in [-0.05, 0) is 13.8 Å². The molecule has 0 aromatic rings. The van der Waals surface area contributed by atoms with Gasteiger partial charge in [-0.15, -0.1) is 0 Å². The van der Waals surface area contributed by atoms with E-state index in [1.165, 1.54) is 0 Å². The zero-order chi connectivity index (χ0) is 9.68.